The lowest BCUT2D eigenvalue weighted by molar-refractivity contribution is 0.0968. The predicted octanol–water partition coefficient (Wildman–Crippen LogP) is 5.57. The van der Waals surface area contributed by atoms with E-state index in [1.54, 1.807) is 0 Å². The van der Waals surface area contributed by atoms with Crippen LogP contribution in [-0.4, -0.2) is 12.7 Å². The molecule has 0 saturated carbocycles. The van der Waals surface area contributed by atoms with Crippen LogP contribution in [0.25, 0.3) is 0 Å². The van der Waals surface area contributed by atoms with E-state index in [1.807, 2.05) is 65.0 Å². The summed E-state index contributed by atoms with van der Waals surface area (Å²) < 4.78 is 5.30. The zero-order valence-electron chi connectivity index (χ0n) is 15.5. The molecule has 1 N–H and O–H groups in total. The van der Waals surface area contributed by atoms with Crippen LogP contribution in [0.3, 0.4) is 0 Å². The van der Waals surface area contributed by atoms with Gasteiger partial charge in [-0.3, -0.25) is 0 Å². The fraction of sp³-hybridized carbons (Fsp3) is 0.632. The first-order chi connectivity index (χ1) is 10.1. The number of carbonyl (C=O) groups excluding carboxylic acids is 1. The Bertz CT molecular complexity index is 427. The summed E-state index contributed by atoms with van der Waals surface area (Å²) in [5.74, 6) is 0. The van der Waals surface area contributed by atoms with E-state index in [0.717, 1.165) is 5.56 Å². The number of hydrogen-bond donors (Lipinski definition) is 1. The van der Waals surface area contributed by atoms with E-state index < -0.39 is 0 Å². The van der Waals surface area contributed by atoms with Gasteiger partial charge in [-0.25, -0.2) is 4.79 Å². The van der Waals surface area contributed by atoms with Crippen LogP contribution in [0.15, 0.2) is 30.3 Å². The van der Waals surface area contributed by atoms with Crippen molar-refractivity contribution < 1.29 is 9.53 Å². The number of nitrogens with one attached hydrogen (secondary N) is 1. The van der Waals surface area contributed by atoms with Crippen LogP contribution >= 0.6 is 0 Å². The summed E-state index contributed by atoms with van der Waals surface area (Å²) in [5.41, 5.74) is 0.983. The second kappa shape index (κ2) is 8.82. The first-order valence-corrected chi connectivity index (χ1v) is 8.08. The molecule has 1 atom stereocenters. The van der Waals surface area contributed by atoms with E-state index >= 15 is 0 Å². The Morgan fingerprint density at radius 3 is 1.95 bits per heavy atom. The molecule has 0 radical (unpaired) electrons. The van der Waals surface area contributed by atoms with Gasteiger partial charge >= 0.3 is 6.09 Å². The molecule has 3 heteroatoms. The summed E-state index contributed by atoms with van der Waals surface area (Å²) in [7, 11) is 0. The van der Waals surface area contributed by atoms with Crippen molar-refractivity contribution in [2.45, 2.75) is 61.4 Å². The lowest BCUT2D eigenvalue weighted by Gasteiger charge is -2.32. The number of carbonyl (C=O) groups is 1. The van der Waals surface area contributed by atoms with Crippen LogP contribution in [0.2, 0.25) is 0 Å². The second-order valence-electron chi connectivity index (χ2n) is 7.49. The van der Waals surface area contributed by atoms with Crippen molar-refractivity contribution in [3.63, 3.8) is 0 Å². The molecule has 0 saturated heterocycles. The number of rotatable bonds is 3. The monoisotopic (exact) mass is 307 g/mol. The van der Waals surface area contributed by atoms with Crippen LogP contribution < -0.4 is 5.32 Å². The molecule has 126 valence electrons. The highest BCUT2D eigenvalue weighted by Gasteiger charge is 2.28. The van der Waals surface area contributed by atoms with Crippen LogP contribution in [0, 0.1) is 10.8 Å². The molecule has 0 aliphatic heterocycles. The van der Waals surface area contributed by atoms with Crippen LogP contribution in [-0.2, 0) is 4.74 Å². The van der Waals surface area contributed by atoms with E-state index in [0.29, 0.717) is 6.61 Å². The molecule has 0 aromatic heterocycles. The van der Waals surface area contributed by atoms with Crippen molar-refractivity contribution in [2.75, 3.05) is 6.61 Å². The lowest BCUT2D eigenvalue weighted by Crippen LogP contribution is -2.38. The third-order valence-electron chi connectivity index (χ3n) is 2.90. The molecule has 1 unspecified atom stereocenters. The van der Waals surface area contributed by atoms with Crippen molar-refractivity contribution in [2.24, 2.45) is 10.8 Å². The minimum atomic E-state index is -0.358. The van der Waals surface area contributed by atoms with Gasteiger partial charge in [0.05, 0.1) is 12.6 Å². The van der Waals surface area contributed by atoms with Crippen LogP contribution in [0.4, 0.5) is 4.79 Å². The number of hydrogen-bond acceptors (Lipinski definition) is 2. The van der Waals surface area contributed by atoms with Gasteiger partial charge in [-0.2, -0.15) is 0 Å². The van der Waals surface area contributed by atoms with Gasteiger partial charge in [0.25, 0.3) is 0 Å². The Kier molecular flexibility index (Phi) is 8.21. The molecule has 22 heavy (non-hydrogen) atoms. The highest BCUT2D eigenvalue weighted by molar-refractivity contribution is 5.68. The maximum Gasteiger partial charge on any atom is 0.407 e. The molecule has 3 nitrogen and oxygen atoms in total. The summed E-state index contributed by atoms with van der Waals surface area (Å²) in [6, 6.07) is 9.92. The molecule has 0 aliphatic carbocycles. The number of amides is 1. The van der Waals surface area contributed by atoms with Crippen molar-refractivity contribution in [1.82, 2.24) is 5.32 Å². The molecular formula is C19H33NO2. The molecular weight excluding hydrogens is 274 g/mol. The van der Waals surface area contributed by atoms with E-state index in [9.17, 15) is 4.79 Å². The number of benzene rings is 1. The quantitative estimate of drug-likeness (QED) is 0.792. The van der Waals surface area contributed by atoms with Gasteiger partial charge < -0.3 is 10.1 Å². The predicted molar refractivity (Wildman–Crippen MR) is 93.9 cm³/mol. The Morgan fingerprint density at radius 2 is 1.55 bits per heavy atom. The maximum atomic E-state index is 12.0. The molecule has 1 amide bonds. The number of alkyl carbamates (subject to hydrolysis) is 1. The van der Waals surface area contributed by atoms with Crippen molar-refractivity contribution in [1.29, 1.82) is 0 Å². The molecule has 0 bridgehead atoms. The summed E-state index contributed by atoms with van der Waals surface area (Å²) >= 11 is 0. The largest absolute Gasteiger partial charge is 0.449 e. The van der Waals surface area contributed by atoms with E-state index in [-0.39, 0.29) is 23.0 Å². The smallest absolute Gasteiger partial charge is 0.407 e. The summed E-state index contributed by atoms with van der Waals surface area (Å²) in [6.45, 7) is 16.8. The first-order valence-electron chi connectivity index (χ1n) is 8.08. The van der Waals surface area contributed by atoms with Crippen molar-refractivity contribution in [3.8, 4) is 0 Å². The molecule has 0 heterocycles. The van der Waals surface area contributed by atoms with Gasteiger partial charge in [0.1, 0.15) is 0 Å². The maximum absolute atomic E-state index is 12.0. The number of ether oxygens (including phenoxy) is 1. The SMILES string of the molecule is CC.CC(C)(C)COC(=O)NC(c1ccccc1)C(C)(C)C. The molecule has 1 aromatic rings. The normalized spacial score (nSPS) is 12.7. The summed E-state index contributed by atoms with van der Waals surface area (Å²) in [5, 5.41) is 2.98. The van der Waals surface area contributed by atoms with Crippen LogP contribution in [0.5, 0.6) is 0 Å². The van der Waals surface area contributed by atoms with Gasteiger partial charge in [0.2, 0.25) is 0 Å². The third-order valence-corrected chi connectivity index (χ3v) is 2.90. The first kappa shape index (κ1) is 20.5. The topological polar surface area (TPSA) is 38.3 Å². The van der Waals surface area contributed by atoms with E-state index in [4.69, 9.17) is 4.74 Å². The minimum Gasteiger partial charge on any atom is -0.449 e. The Hall–Kier alpha value is -1.51. The zero-order valence-corrected chi connectivity index (χ0v) is 15.5. The van der Waals surface area contributed by atoms with Gasteiger partial charge in [-0.05, 0) is 16.4 Å². The fourth-order valence-electron chi connectivity index (χ4n) is 1.89. The Labute approximate surface area is 136 Å². The molecule has 0 fully saturated rings. The lowest BCUT2D eigenvalue weighted by atomic mass is 9.82. The zero-order chi connectivity index (χ0) is 17.4. The van der Waals surface area contributed by atoms with Crippen molar-refractivity contribution in [3.05, 3.63) is 35.9 Å². The average Bonchev–Trinajstić information content (AvgIpc) is 2.44. The molecule has 1 rings (SSSR count). The van der Waals surface area contributed by atoms with Gasteiger partial charge in [-0.15, -0.1) is 0 Å². The highest BCUT2D eigenvalue weighted by Crippen LogP contribution is 2.32. The molecule has 1 aromatic carbocycles. The fourth-order valence-corrected chi connectivity index (χ4v) is 1.89. The minimum absolute atomic E-state index is 0.0265. The van der Waals surface area contributed by atoms with Gasteiger partial charge in [0, 0.05) is 0 Å². The third kappa shape index (κ3) is 8.06. The van der Waals surface area contributed by atoms with Crippen LogP contribution in [0.1, 0.15) is 67.0 Å². The van der Waals surface area contributed by atoms with Gasteiger partial charge in [-0.1, -0.05) is 85.7 Å². The average molecular weight is 307 g/mol. The van der Waals surface area contributed by atoms with E-state index in [1.165, 1.54) is 0 Å². The Morgan fingerprint density at radius 1 is 1.05 bits per heavy atom. The molecule has 0 aliphatic rings. The van der Waals surface area contributed by atoms with Crippen molar-refractivity contribution >= 4 is 6.09 Å². The van der Waals surface area contributed by atoms with E-state index in [2.05, 4.69) is 26.1 Å². The summed E-state index contributed by atoms with van der Waals surface area (Å²) in [6.07, 6.45) is -0.358. The highest BCUT2D eigenvalue weighted by atomic mass is 16.5. The Balaban J connectivity index is 0.00000211. The standard InChI is InChI=1S/C17H27NO2.C2H6/c1-16(2,3)12-20-15(19)18-14(17(4,5)6)13-10-8-7-9-11-13;1-2/h7-11,14H,12H2,1-6H3,(H,18,19);1-2H3. The van der Waals surface area contributed by atoms with Gasteiger partial charge in [0.15, 0.2) is 0 Å². The second-order valence-corrected chi connectivity index (χ2v) is 7.49. The molecule has 0 spiro atoms. The summed E-state index contributed by atoms with van der Waals surface area (Å²) in [4.78, 5) is 12.0.